The molecule has 0 amide bonds. The second-order valence-electron chi connectivity index (χ2n) is 6.14. The Bertz CT molecular complexity index is 340. The van der Waals surface area contributed by atoms with E-state index >= 15 is 0 Å². The quantitative estimate of drug-likeness (QED) is 0.746. The van der Waals surface area contributed by atoms with Crippen LogP contribution in [0, 0.1) is 5.92 Å². The molecule has 1 fully saturated rings. The van der Waals surface area contributed by atoms with Gasteiger partial charge in [-0.15, -0.1) is 0 Å². The van der Waals surface area contributed by atoms with Crippen molar-refractivity contribution in [1.82, 2.24) is 5.32 Å². The molecule has 1 N–H and O–H groups in total. The van der Waals surface area contributed by atoms with E-state index in [1.165, 1.54) is 31.9 Å². The number of rotatable bonds is 8. The van der Waals surface area contributed by atoms with Crippen LogP contribution in [0.3, 0.4) is 0 Å². The fourth-order valence-corrected chi connectivity index (χ4v) is 4.17. The molecule has 0 aromatic carbocycles. The highest BCUT2D eigenvalue weighted by molar-refractivity contribution is 7.91. The molecule has 0 radical (unpaired) electrons. The smallest absolute Gasteiger partial charge is 0.150 e. The lowest BCUT2D eigenvalue weighted by Gasteiger charge is -2.30. The number of sulfone groups is 1. The Labute approximate surface area is 119 Å². The van der Waals surface area contributed by atoms with Gasteiger partial charge < -0.3 is 5.32 Å². The minimum Gasteiger partial charge on any atom is -0.314 e. The molecule has 0 aliphatic heterocycles. The standard InChI is InChI=1S/C15H31NO2S/c1-4-6-8-13(5-2)12-16-14-9-7-10-15(11-14)19(3,17)18/h13-16H,4-12H2,1-3H3. The molecule has 0 saturated heterocycles. The predicted octanol–water partition coefficient (Wildman–Crippen LogP) is 3.15. The molecule has 1 aliphatic carbocycles. The number of hydrogen-bond donors (Lipinski definition) is 1. The first-order chi connectivity index (χ1) is 8.97. The summed E-state index contributed by atoms with van der Waals surface area (Å²) in [6, 6.07) is 0.407. The van der Waals surface area contributed by atoms with Crippen LogP contribution in [-0.4, -0.2) is 32.5 Å². The van der Waals surface area contributed by atoms with E-state index < -0.39 is 9.84 Å². The van der Waals surface area contributed by atoms with E-state index in [-0.39, 0.29) is 5.25 Å². The van der Waals surface area contributed by atoms with E-state index in [0.717, 1.165) is 38.1 Å². The van der Waals surface area contributed by atoms with E-state index in [1.807, 2.05) is 0 Å². The van der Waals surface area contributed by atoms with Crippen LogP contribution < -0.4 is 5.32 Å². The highest BCUT2D eigenvalue weighted by Gasteiger charge is 2.28. The second kappa shape index (κ2) is 8.25. The summed E-state index contributed by atoms with van der Waals surface area (Å²) in [5.41, 5.74) is 0. The molecule has 3 atom stereocenters. The van der Waals surface area contributed by atoms with Crippen LogP contribution in [0.15, 0.2) is 0 Å². The summed E-state index contributed by atoms with van der Waals surface area (Å²) in [7, 11) is -2.86. The van der Waals surface area contributed by atoms with Crippen molar-refractivity contribution in [3.05, 3.63) is 0 Å². The molecule has 114 valence electrons. The zero-order valence-corrected chi connectivity index (χ0v) is 13.6. The molecular formula is C15H31NO2S. The Hall–Kier alpha value is -0.0900. The van der Waals surface area contributed by atoms with E-state index in [1.54, 1.807) is 0 Å². The van der Waals surface area contributed by atoms with Crippen molar-refractivity contribution in [1.29, 1.82) is 0 Å². The van der Waals surface area contributed by atoms with E-state index in [2.05, 4.69) is 19.2 Å². The number of nitrogens with one attached hydrogen (secondary N) is 1. The summed E-state index contributed by atoms with van der Waals surface area (Å²) in [5, 5.41) is 3.50. The highest BCUT2D eigenvalue weighted by Crippen LogP contribution is 2.24. The van der Waals surface area contributed by atoms with E-state index in [4.69, 9.17) is 0 Å². The average molecular weight is 289 g/mol. The second-order valence-corrected chi connectivity index (χ2v) is 8.47. The maximum atomic E-state index is 11.6. The van der Waals surface area contributed by atoms with Crippen molar-refractivity contribution in [2.45, 2.75) is 76.5 Å². The monoisotopic (exact) mass is 289 g/mol. The molecule has 0 bridgehead atoms. The SMILES string of the molecule is CCCCC(CC)CNC1CCCC(S(C)(=O)=O)C1. The summed E-state index contributed by atoms with van der Waals surface area (Å²) in [6.07, 6.45) is 10.3. The molecule has 1 rings (SSSR count). The molecule has 0 heterocycles. The normalized spacial score (nSPS) is 26.3. The Morgan fingerprint density at radius 3 is 2.58 bits per heavy atom. The third-order valence-corrected chi connectivity index (χ3v) is 6.11. The maximum Gasteiger partial charge on any atom is 0.150 e. The molecule has 1 saturated carbocycles. The molecular weight excluding hydrogens is 258 g/mol. The minimum absolute atomic E-state index is 0.116. The molecule has 4 heteroatoms. The van der Waals surface area contributed by atoms with Crippen LogP contribution in [0.25, 0.3) is 0 Å². The van der Waals surface area contributed by atoms with E-state index in [0.29, 0.717) is 6.04 Å². The van der Waals surface area contributed by atoms with Crippen LogP contribution >= 0.6 is 0 Å². The van der Waals surface area contributed by atoms with Gasteiger partial charge in [0.1, 0.15) is 9.84 Å². The lowest BCUT2D eigenvalue weighted by molar-refractivity contribution is 0.331. The molecule has 1 aliphatic rings. The van der Waals surface area contributed by atoms with Crippen molar-refractivity contribution < 1.29 is 8.42 Å². The van der Waals surface area contributed by atoms with Crippen molar-refractivity contribution >= 4 is 9.84 Å². The van der Waals surface area contributed by atoms with Gasteiger partial charge in [0.25, 0.3) is 0 Å². The van der Waals surface area contributed by atoms with Gasteiger partial charge in [-0.3, -0.25) is 0 Å². The Balaban J connectivity index is 2.36. The largest absolute Gasteiger partial charge is 0.314 e. The minimum atomic E-state index is -2.86. The molecule has 0 aromatic rings. The van der Waals surface area contributed by atoms with Gasteiger partial charge in [-0.05, 0) is 38.1 Å². The average Bonchev–Trinajstić information content (AvgIpc) is 2.38. The van der Waals surface area contributed by atoms with Crippen molar-refractivity contribution in [3.63, 3.8) is 0 Å². The van der Waals surface area contributed by atoms with Crippen molar-refractivity contribution in [2.75, 3.05) is 12.8 Å². The van der Waals surface area contributed by atoms with Gasteiger partial charge in [-0.1, -0.05) is 39.5 Å². The third kappa shape index (κ3) is 6.26. The van der Waals surface area contributed by atoms with Gasteiger partial charge in [0.2, 0.25) is 0 Å². The fraction of sp³-hybridized carbons (Fsp3) is 1.00. The third-order valence-electron chi connectivity index (χ3n) is 4.47. The summed E-state index contributed by atoms with van der Waals surface area (Å²) in [6.45, 7) is 5.54. The molecule has 3 unspecified atom stereocenters. The Morgan fingerprint density at radius 2 is 2.00 bits per heavy atom. The van der Waals surface area contributed by atoms with Crippen molar-refractivity contribution in [3.8, 4) is 0 Å². The molecule has 3 nitrogen and oxygen atoms in total. The molecule has 0 spiro atoms. The summed E-state index contributed by atoms with van der Waals surface area (Å²) in [4.78, 5) is 0. The van der Waals surface area contributed by atoms with Crippen LogP contribution in [0.5, 0.6) is 0 Å². The van der Waals surface area contributed by atoms with Gasteiger partial charge in [-0.25, -0.2) is 8.42 Å². The summed E-state index contributed by atoms with van der Waals surface area (Å²) >= 11 is 0. The van der Waals surface area contributed by atoms with Gasteiger partial charge in [0, 0.05) is 12.3 Å². The Morgan fingerprint density at radius 1 is 1.26 bits per heavy atom. The molecule has 0 aromatic heterocycles. The van der Waals surface area contributed by atoms with Crippen LogP contribution in [0.1, 0.15) is 65.2 Å². The maximum absolute atomic E-state index is 11.6. The van der Waals surface area contributed by atoms with Crippen molar-refractivity contribution in [2.24, 2.45) is 5.92 Å². The first kappa shape index (κ1) is 17.0. The highest BCUT2D eigenvalue weighted by atomic mass is 32.2. The predicted molar refractivity (Wildman–Crippen MR) is 82.2 cm³/mol. The summed E-state index contributed by atoms with van der Waals surface area (Å²) < 4.78 is 23.3. The first-order valence-corrected chi connectivity index (χ1v) is 9.85. The van der Waals surface area contributed by atoms with Crippen LogP contribution in [-0.2, 0) is 9.84 Å². The summed E-state index contributed by atoms with van der Waals surface area (Å²) in [5.74, 6) is 0.749. The zero-order chi connectivity index (χ0) is 14.3. The van der Waals surface area contributed by atoms with Gasteiger partial charge >= 0.3 is 0 Å². The lowest BCUT2D eigenvalue weighted by Crippen LogP contribution is -2.40. The number of hydrogen-bond acceptors (Lipinski definition) is 3. The van der Waals surface area contributed by atoms with Gasteiger partial charge in [0.05, 0.1) is 5.25 Å². The lowest BCUT2D eigenvalue weighted by atomic mass is 9.93. The topological polar surface area (TPSA) is 46.2 Å². The Kier molecular flexibility index (Phi) is 7.37. The zero-order valence-electron chi connectivity index (χ0n) is 12.8. The van der Waals surface area contributed by atoms with Crippen LogP contribution in [0.4, 0.5) is 0 Å². The number of unbranched alkanes of at least 4 members (excludes halogenated alkanes) is 1. The van der Waals surface area contributed by atoms with Gasteiger partial charge in [-0.2, -0.15) is 0 Å². The van der Waals surface area contributed by atoms with Gasteiger partial charge in [0.15, 0.2) is 0 Å². The molecule has 19 heavy (non-hydrogen) atoms. The van der Waals surface area contributed by atoms with Crippen LogP contribution in [0.2, 0.25) is 0 Å². The van der Waals surface area contributed by atoms with E-state index in [9.17, 15) is 8.42 Å². The fourth-order valence-electron chi connectivity index (χ4n) is 3.00. The first-order valence-electron chi connectivity index (χ1n) is 7.89.